The van der Waals surface area contributed by atoms with Crippen LogP contribution in [0.15, 0.2) is 28.7 Å². The van der Waals surface area contributed by atoms with Crippen LogP contribution in [0.5, 0.6) is 5.75 Å². The number of aromatic nitrogens is 2. The van der Waals surface area contributed by atoms with Crippen LogP contribution in [-0.4, -0.2) is 57.7 Å². The van der Waals surface area contributed by atoms with Gasteiger partial charge in [-0.1, -0.05) is 13.3 Å². The second kappa shape index (κ2) is 9.60. The van der Waals surface area contributed by atoms with Gasteiger partial charge in [0.15, 0.2) is 0 Å². The zero-order valence-corrected chi connectivity index (χ0v) is 18.0. The number of ether oxygens (including phenoxy) is 1. The van der Waals surface area contributed by atoms with E-state index in [2.05, 4.69) is 22.0 Å². The largest absolute Gasteiger partial charge is 0.494 e. The third-order valence-electron chi connectivity index (χ3n) is 6.24. The molecule has 2 aliphatic rings. The lowest BCUT2D eigenvalue weighted by molar-refractivity contribution is -0.130. The maximum Gasteiger partial charge on any atom is 0.247 e. The molecule has 7 heteroatoms. The summed E-state index contributed by atoms with van der Waals surface area (Å²) >= 11 is 0. The quantitative estimate of drug-likeness (QED) is 0.613. The summed E-state index contributed by atoms with van der Waals surface area (Å²) in [6, 6.07) is 8.50. The van der Waals surface area contributed by atoms with Gasteiger partial charge in [0.05, 0.1) is 13.2 Å². The lowest BCUT2D eigenvalue weighted by Gasteiger charge is -2.34. The van der Waals surface area contributed by atoms with E-state index in [1.165, 1.54) is 0 Å². The molecule has 2 saturated heterocycles. The predicted octanol–water partition coefficient (Wildman–Crippen LogP) is 3.89. The van der Waals surface area contributed by atoms with Crippen LogP contribution in [0.4, 0.5) is 0 Å². The van der Waals surface area contributed by atoms with Crippen molar-refractivity contribution in [3.05, 3.63) is 30.2 Å². The molecule has 1 aromatic heterocycles. The summed E-state index contributed by atoms with van der Waals surface area (Å²) in [7, 11) is 0. The molecule has 30 heavy (non-hydrogen) atoms. The van der Waals surface area contributed by atoms with E-state index in [4.69, 9.17) is 9.15 Å². The van der Waals surface area contributed by atoms with Gasteiger partial charge in [0.1, 0.15) is 5.75 Å². The fraction of sp³-hybridized carbons (Fsp3) is 0.609. The molecule has 0 spiro atoms. The highest BCUT2D eigenvalue weighted by atomic mass is 16.5. The van der Waals surface area contributed by atoms with Crippen LogP contribution in [0, 0.1) is 0 Å². The van der Waals surface area contributed by atoms with E-state index in [1.54, 1.807) is 6.92 Å². The van der Waals surface area contributed by atoms with Crippen LogP contribution in [0.25, 0.3) is 11.5 Å². The highest BCUT2D eigenvalue weighted by molar-refractivity contribution is 5.74. The molecule has 162 valence electrons. The first-order valence-corrected chi connectivity index (χ1v) is 11.2. The van der Waals surface area contributed by atoms with Crippen LogP contribution < -0.4 is 4.74 Å². The molecule has 0 radical (unpaired) electrons. The molecular formula is C23H32N4O3. The number of amides is 1. The van der Waals surface area contributed by atoms with E-state index < -0.39 is 0 Å². The highest BCUT2D eigenvalue weighted by Gasteiger charge is 2.39. The maximum absolute atomic E-state index is 12.0. The molecule has 3 heterocycles. The summed E-state index contributed by atoms with van der Waals surface area (Å²) in [5.41, 5.74) is 0.896. The molecule has 0 aliphatic carbocycles. The van der Waals surface area contributed by atoms with Gasteiger partial charge in [-0.2, -0.15) is 0 Å². The van der Waals surface area contributed by atoms with Crippen molar-refractivity contribution in [1.82, 2.24) is 20.0 Å². The molecule has 2 atom stereocenters. The van der Waals surface area contributed by atoms with E-state index >= 15 is 0 Å². The van der Waals surface area contributed by atoms with E-state index in [9.17, 15) is 4.79 Å². The van der Waals surface area contributed by atoms with Gasteiger partial charge >= 0.3 is 0 Å². The lowest BCUT2D eigenvalue weighted by atomic mass is 10.0. The first-order valence-electron chi connectivity index (χ1n) is 11.2. The van der Waals surface area contributed by atoms with Crippen LogP contribution in [0.3, 0.4) is 0 Å². The number of benzene rings is 1. The average molecular weight is 413 g/mol. The molecule has 1 amide bonds. The number of carbonyl (C=O) groups excluding carboxylic acids is 1. The smallest absolute Gasteiger partial charge is 0.247 e. The van der Waals surface area contributed by atoms with Crippen LogP contribution in [0.1, 0.15) is 58.3 Å². The Hall–Kier alpha value is -2.41. The van der Waals surface area contributed by atoms with E-state index in [0.29, 0.717) is 30.4 Å². The van der Waals surface area contributed by atoms with E-state index in [1.807, 2.05) is 29.2 Å². The molecule has 4 rings (SSSR count). The van der Waals surface area contributed by atoms with Gasteiger partial charge in [-0.3, -0.25) is 9.69 Å². The third-order valence-corrected chi connectivity index (χ3v) is 6.24. The van der Waals surface area contributed by atoms with Crippen LogP contribution in [-0.2, 0) is 11.3 Å². The monoisotopic (exact) mass is 412 g/mol. The molecular weight excluding hydrogens is 380 g/mol. The summed E-state index contributed by atoms with van der Waals surface area (Å²) in [5, 5.41) is 8.53. The molecule has 0 N–H and O–H groups in total. The first kappa shape index (κ1) is 20.8. The van der Waals surface area contributed by atoms with E-state index in [0.717, 1.165) is 69.5 Å². The van der Waals surface area contributed by atoms with Crippen molar-refractivity contribution >= 4 is 5.91 Å². The van der Waals surface area contributed by atoms with Crippen molar-refractivity contribution < 1.29 is 13.9 Å². The standard InChI is InChI=1S/C23H32N4O3/c1-3-4-15-29-19-11-9-18(10-12-19)23-25-24-22(30-23)16-26-13-5-7-20(26)21-8-6-14-27(21)17(2)28/h9-12,20-21H,3-8,13-16H2,1-2H3. The zero-order chi connectivity index (χ0) is 20.9. The Morgan fingerprint density at radius 1 is 1.13 bits per heavy atom. The summed E-state index contributed by atoms with van der Waals surface area (Å²) in [6.07, 6.45) is 6.62. The van der Waals surface area contributed by atoms with Gasteiger partial charge in [-0.25, -0.2) is 0 Å². The minimum atomic E-state index is 0.187. The Kier molecular flexibility index (Phi) is 6.67. The van der Waals surface area contributed by atoms with Gasteiger partial charge in [0, 0.05) is 31.1 Å². The molecule has 2 aliphatic heterocycles. The lowest BCUT2D eigenvalue weighted by Crippen LogP contribution is -2.47. The number of unbranched alkanes of at least 4 members (excludes halogenated alkanes) is 1. The second-order valence-electron chi connectivity index (χ2n) is 8.33. The Bertz CT molecular complexity index is 835. The Balaban J connectivity index is 1.39. The molecule has 0 bridgehead atoms. The third kappa shape index (κ3) is 4.67. The second-order valence-corrected chi connectivity index (χ2v) is 8.33. The number of likely N-dealkylation sites (tertiary alicyclic amines) is 2. The number of carbonyl (C=O) groups is 1. The van der Waals surface area contributed by atoms with Crippen molar-refractivity contribution in [3.8, 4) is 17.2 Å². The first-order chi connectivity index (χ1) is 14.7. The molecule has 0 saturated carbocycles. The van der Waals surface area contributed by atoms with E-state index in [-0.39, 0.29) is 5.91 Å². The topological polar surface area (TPSA) is 71.7 Å². The summed E-state index contributed by atoms with van der Waals surface area (Å²) in [4.78, 5) is 16.5. The number of hydrogen-bond acceptors (Lipinski definition) is 6. The Morgan fingerprint density at radius 3 is 2.67 bits per heavy atom. The van der Waals surface area contributed by atoms with Crippen molar-refractivity contribution in [2.24, 2.45) is 0 Å². The molecule has 7 nitrogen and oxygen atoms in total. The zero-order valence-electron chi connectivity index (χ0n) is 18.0. The molecule has 2 unspecified atom stereocenters. The van der Waals surface area contributed by atoms with Gasteiger partial charge in [0.2, 0.25) is 17.7 Å². The van der Waals surface area contributed by atoms with Gasteiger partial charge < -0.3 is 14.1 Å². The fourth-order valence-corrected chi connectivity index (χ4v) is 4.70. The number of rotatable bonds is 8. The van der Waals surface area contributed by atoms with Crippen LogP contribution in [0.2, 0.25) is 0 Å². The predicted molar refractivity (Wildman–Crippen MR) is 114 cm³/mol. The minimum absolute atomic E-state index is 0.187. The summed E-state index contributed by atoms with van der Waals surface area (Å²) in [6.45, 7) is 7.10. The van der Waals surface area contributed by atoms with Crippen LogP contribution >= 0.6 is 0 Å². The summed E-state index contributed by atoms with van der Waals surface area (Å²) < 4.78 is 11.7. The van der Waals surface area contributed by atoms with Gasteiger partial charge in [-0.15, -0.1) is 10.2 Å². The molecule has 2 fully saturated rings. The SMILES string of the molecule is CCCCOc1ccc(-c2nnc(CN3CCCC3C3CCCN3C(C)=O)o2)cc1. The minimum Gasteiger partial charge on any atom is -0.494 e. The van der Waals surface area contributed by atoms with Gasteiger partial charge in [0.25, 0.3) is 0 Å². The molecule has 2 aromatic rings. The van der Waals surface area contributed by atoms with Crippen molar-refractivity contribution in [3.63, 3.8) is 0 Å². The maximum atomic E-state index is 12.0. The Labute approximate surface area is 178 Å². The van der Waals surface area contributed by atoms with Crippen molar-refractivity contribution in [1.29, 1.82) is 0 Å². The molecule has 1 aromatic carbocycles. The normalized spacial score (nSPS) is 22.0. The fourth-order valence-electron chi connectivity index (χ4n) is 4.70. The number of nitrogens with zero attached hydrogens (tertiary/aromatic N) is 4. The Morgan fingerprint density at radius 2 is 1.90 bits per heavy atom. The van der Waals surface area contributed by atoms with Crippen molar-refractivity contribution in [2.45, 2.75) is 71.0 Å². The summed E-state index contributed by atoms with van der Waals surface area (Å²) in [5.74, 6) is 2.21. The number of hydrogen-bond donors (Lipinski definition) is 0. The van der Waals surface area contributed by atoms with Gasteiger partial charge in [-0.05, 0) is 62.9 Å². The van der Waals surface area contributed by atoms with Crippen molar-refractivity contribution in [2.75, 3.05) is 19.7 Å². The highest BCUT2D eigenvalue weighted by Crippen LogP contribution is 2.31. The average Bonchev–Trinajstić information content (AvgIpc) is 3.49.